The average molecular weight is 298 g/mol. The number of nitrogens with one attached hydrogen (secondary N) is 2. The molecule has 0 heterocycles. The molecule has 0 radical (unpaired) electrons. The molecule has 0 spiro atoms. The standard InChI is InChI=1S/C18H22N2O2/c1-2-3-13-19-15-9-11-16(12-10-15)20-18(21)14-22-17-7-5-4-6-8-17/h4-12,19H,2-3,13-14H2,1H3,(H,20,21). The summed E-state index contributed by atoms with van der Waals surface area (Å²) >= 11 is 0. The Bertz CT molecular complexity index is 567. The Morgan fingerprint density at radius 2 is 1.68 bits per heavy atom. The average Bonchev–Trinajstić information content (AvgIpc) is 2.56. The summed E-state index contributed by atoms with van der Waals surface area (Å²) in [4.78, 5) is 11.8. The van der Waals surface area contributed by atoms with Gasteiger partial charge in [0.05, 0.1) is 0 Å². The summed E-state index contributed by atoms with van der Waals surface area (Å²) in [6.45, 7) is 3.13. The second-order valence-corrected chi connectivity index (χ2v) is 5.01. The van der Waals surface area contributed by atoms with Crippen LogP contribution in [0.25, 0.3) is 0 Å². The number of hydrogen-bond donors (Lipinski definition) is 2. The maximum absolute atomic E-state index is 11.8. The summed E-state index contributed by atoms with van der Waals surface area (Å²) in [6, 6.07) is 17.0. The number of amides is 1. The van der Waals surface area contributed by atoms with Crippen LogP contribution in [-0.4, -0.2) is 19.1 Å². The molecule has 0 aromatic heterocycles. The van der Waals surface area contributed by atoms with Crippen LogP contribution in [-0.2, 0) is 4.79 Å². The van der Waals surface area contributed by atoms with E-state index in [4.69, 9.17) is 4.74 Å². The number of rotatable bonds is 8. The molecular weight excluding hydrogens is 276 g/mol. The van der Waals surface area contributed by atoms with E-state index in [1.807, 2.05) is 54.6 Å². The Hall–Kier alpha value is -2.49. The smallest absolute Gasteiger partial charge is 0.262 e. The second-order valence-electron chi connectivity index (χ2n) is 5.01. The minimum Gasteiger partial charge on any atom is -0.484 e. The number of carbonyl (C=O) groups is 1. The fourth-order valence-corrected chi connectivity index (χ4v) is 1.94. The van der Waals surface area contributed by atoms with Gasteiger partial charge < -0.3 is 15.4 Å². The summed E-state index contributed by atoms with van der Waals surface area (Å²) in [7, 11) is 0. The highest BCUT2D eigenvalue weighted by Crippen LogP contribution is 2.14. The van der Waals surface area contributed by atoms with Crippen LogP contribution in [0.4, 0.5) is 11.4 Å². The third kappa shape index (κ3) is 5.48. The van der Waals surface area contributed by atoms with E-state index in [2.05, 4.69) is 17.6 Å². The minimum absolute atomic E-state index is 0.000511. The predicted molar refractivity (Wildman–Crippen MR) is 90.4 cm³/mol. The number of benzene rings is 2. The minimum atomic E-state index is -0.171. The van der Waals surface area contributed by atoms with Crippen molar-refractivity contribution in [2.75, 3.05) is 23.8 Å². The molecule has 2 rings (SSSR count). The Morgan fingerprint density at radius 3 is 2.36 bits per heavy atom. The molecule has 0 fully saturated rings. The van der Waals surface area contributed by atoms with Crippen molar-refractivity contribution in [2.45, 2.75) is 19.8 Å². The number of carbonyl (C=O) groups excluding carboxylic acids is 1. The van der Waals surface area contributed by atoms with Crippen molar-refractivity contribution >= 4 is 17.3 Å². The van der Waals surface area contributed by atoms with E-state index in [-0.39, 0.29) is 12.5 Å². The zero-order valence-electron chi connectivity index (χ0n) is 12.8. The van der Waals surface area contributed by atoms with Gasteiger partial charge in [-0.1, -0.05) is 31.5 Å². The molecule has 0 saturated carbocycles. The fraction of sp³-hybridized carbons (Fsp3) is 0.278. The van der Waals surface area contributed by atoms with Gasteiger partial charge in [-0.2, -0.15) is 0 Å². The van der Waals surface area contributed by atoms with Crippen molar-refractivity contribution in [3.05, 3.63) is 54.6 Å². The van der Waals surface area contributed by atoms with Gasteiger partial charge in [-0.25, -0.2) is 0 Å². The van der Waals surface area contributed by atoms with Gasteiger partial charge in [-0.3, -0.25) is 4.79 Å². The van der Waals surface area contributed by atoms with Gasteiger partial charge in [0.15, 0.2) is 6.61 Å². The van der Waals surface area contributed by atoms with Crippen molar-refractivity contribution in [1.82, 2.24) is 0 Å². The first-order valence-corrected chi connectivity index (χ1v) is 7.59. The van der Waals surface area contributed by atoms with E-state index in [0.29, 0.717) is 5.75 Å². The predicted octanol–water partition coefficient (Wildman–Crippen LogP) is 3.92. The molecule has 4 nitrogen and oxygen atoms in total. The molecule has 2 aromatic rings. The molecule has 22 heavy (non-hydrogen) atoms. The van der Waals surface area contributed by atoms with Crippen LogP contribution < -0.4 is 15.4 Å². The lowest BCUT2D eigenvalue weighted by atomic mass is 10.2. The first kappa shape index (κ1) is 15.9. The molecule has 1 amide bonds. The third-order valence-electron chi connectivity index (χ3n) is 3.14. The number of hydrogen-bond acceptors (Lipinski definition) is 3. The van der Waals surface area contributed by atoms with Crippen LogP contribution in [0, 0.1) is 0 Å². The fourth-order valence-electron chi connectivity index (χ4n) is 1.94. The number of ether oxygens (including phenoxy) is 1. The first-order chi connectivity index (χ1) is 10.8. The van der Waals surface area contributed by atoms with Gasteiger partial charge in [-0.15, -0.1) is 0 Å². The Balaban J connectivity index is 1.76. The van der Waals surface area contributed by atoms with Gasteiger partial charge in [0, 0.05) is 17.9 Å². The monoisotopic (exact) mass is 298 g/mol. The summed E-state index contributed by atoms with van der Waals surface area (Å²) in [5.41, 5.74) is 1.83. The molecule has 0 aliphatic rings. The van der Waals surface area contributed by atoms with Crippen LogP contribution in [0.15, 0.2) is 54.6 Å². The van der Waals surface area contributed by atoms with Crippen molar-refractivity contribution in [3.63, 3.8) is 0 Å². The third-order valence-corrected chi connectivity index (χ3v) is 3.14. The number of unbranched alkanes of at least 4 members (excludes halogenated alkanes) is 1. The van der Waals surface area contributed by atoms with E-state index in [0.717, 1.165) is 24.3 Å². The summed E-state index contributed by atoms with van der Waals surface area (Å²) in [6.07, 6.45) is 2.32. The Morgan fingerprint density at radius 1 is 1.00 bits per heavy atom. The van der Waals surface area contributed by atoms with Crippen LogP contribution in [0.1, 0.15) is 19.8 Å². The van der Waals surface area contributed by atoms with E-state index in [1.165, 1.54) is 6.42 Å². The lowest BCUT2D eigenvalue weighted by Crippen LogP contribution is -2.20. The molecule has 2 N–H and O–H groups in total. The van der Waals surface area contributed by atoms with Gasteiger partial charge >= 0.3 is 0 Å². The summed E-state index contributed by atoms with van der Waals surface area (Å²) in [5, 5.41) is 6.15. The molecular formula is C18H22N2O2. The van der Waals surface area contributed by atoms with E-state index < -0.39 is 0 Å². The molecule has 116 valence electrons. The SMILES string of the molecule is CCCCNc1ccc(NC(=O)COc2ccccc2)cc1. The quantitative estimate of drug-likeness (QED) is 0.726. The van der Waals surface area contributed by atoms with Crippen molar-refractivity contribution in [3.8, 4) is 5.75 Å². The molecule has 0 bridgehead atoms. The van der Waals surface area contributed by atoms with Crippen molar-refractivity contribution in [2.24, 2.45) is 0 Å². The molecule has 0 aliphatic heterocycles. The molecule has 4 heteroatoms. The van der Waals surface area contributed by atoms with Gasteiger partial charge in [0.25, 0.3) is 5.91 Å². The number of anilines is 2. The molecule has 0 atom stereocenters. The zero-order valence-corrected chi connectivity index (χ0v) is 12.8. The number of para-hydroxylation sites is 1. The highest BCUT2D eigenvalue weighted by Gasteiger charge is 2.03. The summed E-state index contributed by atoms with van der Waals surface area (Å²) < 4.78 is 5.40. The van der Waals surface area contributed by atoms with Crippen molar-refractivity contribution < 1.29 is 9.53 Å². The summed E-state index contributed by atoms with van der Waals surface area (Å²) in [5.74, 6) is 0.517. The zero-order chi connectivity index (χ0) is 15.6. The van der Waals surface area contributed by atoms with Gasteiger partial charge in [-0.05, 0) is 42.8 Å². The first-order valence-electron chi connectivity index (χ1n) is 7.59. The lowest BCUT2D eigenvalue weighted by Gasteiger charge is -2.09. The van der Waals surface area contributed by atoms with E-state index in [1.54, 1.807) is 0 Å². The van der Waals surface area contributed by atoms with Crippen LogP contribution >= 0.6 is 0 Å². The molecule has 0 aliphatic carbocycles. The van der Waals surface area contributed by atoms with Gasteiger partial charge in [0.1, 0.15) is 5.75 Å². The van der Waals surface area contributed by atoms with Crippen LogP contribution in [0.5, 0.6) is 5.75 Å². The van der Waals surface area contributed by atoms with E-state index >= 15 is 0 Å². The molecule has 0 saturated heterocycles. The van der Waals surface area contributed by atoms with Gasteiger partial charge in [0.2, 0.25) is 0 Å². The van der Waals surface area contributed by atoms with Crippen LogP contribution in [0.2, 0.25) is 0 Å². The second kappa shape index (κ2) is 8.72. The van der Waals surface area contributed by atoms with Crippen molar-refractivity contribution in [1.29, 1.82) is 0 Å². The maximum atomic E-state index is 11.8. The Labute approximate surface area is 131 Å². The largest absolute Gasteiger partial charge is 0.484 e. The molecule has 2 aromatic carbocycles. The van der Waals surface area contributed by atoms with Crippen LogP contribution in [0.3, 0.4) is 0 Å². The molecule has 0 unspecified atom stereocenters. The van der Waals surface area contributed by atoms with E-state index in [9.17, 15) is 4.79 Å². The Kier molecular flexibility index (Phi) is 6.30. The highest BCUT2D eigenvalue weighted by atomic mass is 16.5. The highest BCUT2D eigenvalue weighted by molar-refractivity contribution is 5.92. The maximum Gasteiger partial charge on any atom is 0.262 e. The lowest BCUT2D eigenvalue weighted by molar-refractivity contribution is -0.118. The normalized spacial score (nSPS) is 10.0. The topological polar surface area (TPSA) is 50.4 Å².